The van der Waals surface area contributed by atoms with Gasteiger partial charge in [0.15, 0.2) is 5.03 Å². The molecule has 1 N–H and O–H groups in total. The molecule has 0 atom stereocenters. The Hall–Kier alpha value is -2.86. The van der Waals surface area contributed by atoms with Crippen LogP contribution in [0.3, 0.4) is 0 Å². The minimum absolute atomic E-state index is 0.0549. The maximum Gasteiger partial charge on any atom is 0.336 e. The van der Waals surface area contributed by atoms with E-state index in [9.17, 15) is 13.2 Å². The first-order valence-corrected chi connectivity index (χ1v) is 7.76. The molecule has 0 bridgehead atoms. The Balaban J connectivity index is 2.00. The van der Waals surface area contributed by atoms with Crippen LogP contribution in [0, 0.1) is 11.3 Å². The van der Waals surface area contributed by atoms with Gasteiger partial charge in [-0.3, -0.25) is 9.58 Å². The van der Waals surface area contributed by atoms with Crippen molar-refractivity contribution >= 4 is 21.7 Å². The van der Waals surface area contributed by atoms with Crippen molar-refractivity contribution in [3.63, 3.8) is 0 Å². The molecule has 2 heterocycles. The molecule has 3 rings (SSSR count). The molecule has 1 aliphatic rings. The number of hydrogen-bond donors (Lipinski definition) is 1. The summed E-state index contributed by atoms with van der Waals surface area (Å²) in [6, 6.07) is 7.98. The van der Waals surface area contributed by atoms with Gasteiger partial charge in [-0.25, -0.2) is 9.52 Å². The maximum absolute atomic E-state index is 12.1. The predicted molar refractivity (Wildman–Crippen MR) is 76.3 cm³/mol. The second kappa shape index (κ2) is 4.85. The highest BCUT2D eigenvalue weighted by molar-refractivity contribution is 7.90. The Morgan fingerprint density at radius 2 is 2.00 bits per heavy atom. The Kier molecular flexibility index (Phi) is 3.11. The van der Waals surface area contributed by atoms with Crippen LogP contribution in [0.2, 0.25) is 0 Å². The number of nitriles is 1. The SMILES string of the molecule is Cn1ncc2c1S(=O)(=O)NC(=O)N2Cc1ccc(C#N)cc1. The quantitative estimate of drug-likeness (QED) is 0.877. The Bertz CT molecular complexity index is 893. The van der Waals surface area contributed by atoms with Gasteiger partial charge in [0.1, 0.15) is 5.69 Å². The molecule has 1 aromatic carbocycles. The van der Waals surface area contributed by atoms with Crippen molar-refractivity contribution in [2.24, 2.45) is 7.05 Å². The average molecular weight is 317 g/mol. The number of carbonyl (C=O) groups is 1. The van der Waals surface area contributed by atoms with E-state index in [-0.39, 0.29) is 17.3 Å². The van der Waals surface area contributed by atoms with Crippen molar-refractivity contribution in [3.05, 3.63) is 41.6 Å². The molecule has 0 radical (unpaired) electrons. The van der Waals surface area contributed by atoms with Gasteiger partial charge in [0.25, 0.3) is 10.0 Å². The lowest BCUT2D eigenvalue weighted by molar-refractivity contribution is 0.250. The molecule has 9 heteroatoms. The molecule has 2 aromatic rings. The number of aryl methyl sites for hydroxylation is 1. The minimum atomic E-state index is -3.90. The van der Waals surface area contributed by atoms with Crippen molar-refractivity contribution in [1.82, 2.24) is 14.5 Å². The molecule has 0 aliphatic carbocycles. The highest BCUT2D eigenvalue weighted by atomic mass is 32.2. The van der Waals surface area contributed by atoms with Crippen LogP contribution < -0.4 is 9.62 Å². The average Bonchev–Trinajstić information content (AvgIpc) is 2.86. The van der Waals surface area contributed by atoms with Gasteiger partial charge in [0.2, 0.25) is 0 Å². The van der Waals surface area contributed by atoms with Gasteiger partial charge in [0.05, 0.1) is 24.4 Å². The number of sulfonamides is 1. The van der Waals surface area contributed by atoms with Gasteiger partial charge in [-0.15, -0.1) is 0 Å². The van der Waals surface area contributed by atoms with Crippen LogP contribution in [-0.2, 0) is 23.6 Å². The van der Waals surface area contributed by atoms with Crippen LogP contribution >= 0.6 is 0 Å². The lowest BCUT2D eigenvalue weighted by Gasteiger charge is -2.27. The first-order chi connectivity index (χ1) is 10.4. The number of nitrogens with one attached hydrogen (secondary N) is 1. The third kappa shape index (κ3) is 2.19. The molecule has 0 spiro atoms. The number of fused-ring (bicyclic) bond motifs is 1. The largest absolute Gasteiger partial charge is 0.336 e. The van der Waals surface area contributed by atoms with E-state index in [2.05, 4.69) is 5.10 Å². The molecule has 0 saturated carbocycles. The first-order valence-electron chi connectivity index (χ1n) is 6.28. The molecule has 1 aliphatic heterocycles. The minimum Gasteiger partial charge on any atom is -0.285 e. The zero-order chi connectivity index (χ0) is 15.9. The smallest absolute Gasteiger partial charge is 0.285 e. The normalized spacial score (nSPS) is 15.8. The van der Waals surface area contributed by atoms with Crippen LogP contribution in [0.25, 0.3) is 0 Å². The number of rotatable bonds is 2. The molecular weight excluding hydrogens is 306 g/mol. The van der Waals surface area contributed by atoms with Gasteiger partial charge in [-0.2, -0.15) is 18.8 Å². The second-order valence-electron chi connectivity index (χ2n) is 4.76. The summed E-state index contributed by atoms with van der Waals surface area (Å²) in [6.45, 7) is 0.172. The van der Waals surface area contributed by atoms with Crippen LogP contribution in [0.5, 0.6) is 0 Å². The summed E-state index contributed by atoms with van der Waals surface area (Å²) in [5, 5.41) is 12.6. The molecule has 8 nitrogen and oxygen atoms in total. The van der Waals surface area contributed by atoms with Crippen molar-refractivity contribution in [2.75, 3.05) is 4.90 Å². The first kappa shape index (κ1) is 14.1. The van der Waals surface area contributed by atoms with E-state index in [0.29, 0.717) is 5.56 Å². The van der Waals surface area contributed by atoms with E-state index in [1.807, 2.05) is 10.8 Å². The maximum atomic E-state index is 12.1. The highest BCUT2D eigenvalue weighted by Crippen LogP contribution is 2.29. The van der Waals surface area contributed by atoms with Gasteiger partial charge < -0.3 is 0 Å². The molecule has 0 saturated heterocycles. The zero-order valence-electron chi connectivity index (χ0n) is 11.5. The number of carbonyl (C=O) groups excluding carboxylic acids is 1. The number of aromatic nitrogens is 2. The Labute approximate surface area is 126 Å². The Morgan fingerprint density at radius 3 is 2.64 bits per heavy atom. The monoisotopic (exact) mass is 317 g/mol. The van der Waals surface area contributed by atoms with Gasteiger partial charge in [0, 0.05) is 7.05 Å². The van der Waals surface area contributed by atoms with E-state index in [1.165, 1.54) is 22.8 Å². The summed E-state index contributed by atoms with van der Waals surface area (Å²) in [6.07, 6.45) is 1.34. The van der Waals surface area contributed by atoms with Crippen molar-refractivity contribution < 1.29 is 13.2 Å². The van der Waals surface area contributed by atoms with Crippen LogP contribution in [0.4, 0.5) is 10.5 Å². The number of anilines is 1. The molecule has 22 heavy (non-hydrogen) atoms. The van der Waals surface area contributed by atoms with E-state index < -0.39 is 16.1 Å². The highest BCUT2D eigenvalue weighted by Gasteiger charge is 2.37. The van der Waals surface area contributed by atoms with Crippen molar-refractivity contribution in [3.8, 4) is 6.07 Å². The van der Waals surface area contributed by atoms with Gasteiger partial charge in [-0.05, 0) is 17.7 Å². The predicted octanol–water partition coefficient (Wildman–Crippen LogP) is 0.710. The topological polar surface area (TPSA) is 108 Å². The van der Waals surface area contributed by atoms with Crippen molar-refractivity contribution in [2.45, 2.75) is 11.6 Å². The molecule has 1 aromatic heterocycles. The summed E-state index contributed by atoms with van der Waals surface area (Å²) in [5.41, 5.74) is 1.51. The number of nitrogens with zero attached hydrogens (tertiary/aromatic N) is 4. The summed E-state index contributed by atoms with van der Waals surface area (Å²) in [5.74, 6) is 0. The summed E-state index contributed by atoms with van der Waals surface area (Å²) in [7, 11) is -2.40. The van der Waals surface area contributed by atoms with E-state index in [0.717, 1.165) is 5.56 Å². The standard InChI is InChI=1S/C13H11N5O3S/c1-17-12-11(7-15-17)18(13(19)16-22(12,20)21)8-10-4-2-9(6-14)3-5-10/h2-5,7H,8H2,1H3,(H,16,19). The second-order valence-corrected chi connectivity index (χ2v) is 6.36. The summed E-state index contributed by atoms with van der Waals surface area (Å²) >= 11 is 0. The summed E-state index contributed by atoms with van der Waals surface area (Å²) < 4.78 is 27.2. The summed E-state index contributed by atoms with van der Waals surface area (Å²) in [4.78, 5) is 13.4. The fourth-order valence-corrected chi connectivity index (χ4v) is 3.53. The fraction of sp³-hybridized carbons (Fsp3) is 0.154. The Morgan fingerprint density at radius 1 is 1.32 bits per heavy atom. The molecule has 2 amide bonds. The fourth-order valence-electron chi connectivity index (χ4n) is 2.26. The van der Waals surface area contributed by atoms with Gasteiger partial charge >= 0.3 is 6.03 Å². The molecular formula is C13H11N5O3S. The number of amides is 2. The molecule has 0 fully saturated rings. The lowest BCUT2D eigenvalue weighted by Crippen LogP contribution is -2.47. The van der Waals surface area contributed by atoms with E-state index in [1.54, 1.807) is 24.3 Å². The number of urea groups is 1. The lowest BCUT2D eigenvalue weighted by atomic mass is 10.1. The third-order valence-corrected chi connectivity index (χ3v) is 4.73. The third-order valence-electron chi connectivity index (χ3n) is 3.30. The molecule has 0 unspecified atom stereocenters. The van der Waals surface area contributed by atoms with E-state index >= 15 is 0 Å². The van der Waals surface area contributed by atoms with Crippen molar-refractivity contribution in [1.29, 1.82) is 5.26 Å². The molecule has 112 valence electrons. The van der Waals surface area contributed by atoms with Crippen LogP contribution in [-0.4, -0.2) is 24.2 Å². The van der Waals surface area contributed by atoms with Crippen LogP contribution in [0.15, 0.2) is 35.5 Å². The number of hydrogen-bond acceptors (Lipinski definition) is 5. The zero-order valence-corrected chi connectivity index (χ0v) is 12.3. The number of benzene rings is 1. The van der Waals surface area contributed by atoms with Crippen LogP contribution in [0.1, 0.15) is 11.1 Å². The van der Waals surface area contributed by atoms with E-state index in [4.69, 9.17) is 5.26 Å². The van der Waals surface area contributed by atoms with Gasteiger partial charge in [-0.1, -0.05) is 12.1 Å².